The van der Waals surface area contributed by atoms with Crippen LogP contribution in [-0.2, 0) is 4.74 Å². The van der Waals surface area contributed by atoms with Crippen molar-refractivity contribution in [3.63, 3.8) is 0 Å². The van der Waals surface area contributed by atoms with Crippen LogP contribution in [0.15, 0.2) is 11.4 Å². The third-order valence-electron chi connectivity index (χ3n) is 2.06. The van der Waals surface area contributed by atoms with Gasteiger partial charge in [-0.2, -0.15) is 0 Å². The van der Waals surface area contributed by atoms with Gasteiger partial charge in [0.15, 0.2) is 6.29 Å². The first-order valence-electron chi connectivity index (χ1n) is 4.49. The lowest BCUT2D eigenvalue weighted by Crippen LogP contribution is -2.07. The molecule has 0 spiro atoms. The highest BCUT2D eigenvalue weighted by Gasteiger charge is 2.18. The van der Waals surface area contributed by atoms with E-state index in [1.165, 1.54) is 11.3 Å². The first-order chi connectivity index (χ1) is 7.27. The number of aromatic nitrogens is 1. The zero-order chi connectivity index (χ0) is 10.8. The van der Waals surface area contributed by atoms with E-state index in [1.807, 2.05) is 11.4 Å². The van der Waals surface area contributed by atoms with Gasteiger partial charge in [0.2, 0.25) is 0 Å². The second-order valence-corrected chi connectivity index (χ2v) is 3.83. The number of carbonyl (C=O) groups excluding carboxylic acids is 2. The van der Waals surface area contributed by atoms with Gasteiger partial charge in [-0.1, -0.05) is 0 Å². The minimum absolute atomic E-state index is 0.244. The Balaban J connectivity index is 2.54. The predicted octanol–water partition coefficient (Wildman–Crippen LogP) is 2.22. The van der Waals surface area contributed by atoms with Gasteiger partial charge >= 0.3 is 5.97 Å². The lowest BCUT2D eigenvalue weighted by molar-refractivity contribution is 0.0518. The van der Waals surface area contributed by atoms with Crippen LogP contribution in [0.5, 0.6) is 0 Å². The maximum Gasteiger partial charge on any atom is 0.355 e. The Morgan fingerprint density at radius 1 is 1.67 bits per heavy atom. The van der Waals surface area contributed by atoms with E-state index in [0.717, 1.165) is 10.2 Å². The van der Waals surface area contributed by atoms with Crippen molar-refractivity contribution in [3.05, 3.63) is 22.7 Å². The number of hydrogen-bond acceptors (Lipinski definition) is 4. The summed E-state index contributed by atoms with van der Waals surface area (Å²) >= 11 is 1.45. The maximum atomic E-state index is 11.5. The summed E-state index contributed by atoms with van der Waals surface area (Å²) in [7, 11) is 0. The molecule has 2 aromatic rings. The van der Waals surface area contributed by atoms with Gasteiger partial charge in [0, 0.05) is 5.39 Å². The van der Waals surface area contributed by atoms with Gasteiger partial charge in [-0.3, -0.25) is 4.79 Å². The molecule has 0 amide bonds. The third kappa shape index (κ3) is 1.55. The molecule has 78 valence electrons. The van der Waals surface area contributed by atoms with Gasteiger partial charge in [0.1, 0.15) is 10.5 Å². The molecule has 2 aromatic heterocycles. The van der Waals surface area contributed by atoms with Gasteiger partial charge in [-0.05, 0) is 18.4 Å². The first kappa shape index (κ1) is 9.92. The molecule has 5 heteroatoms. The molecule has 0 atom stereocenters. The molecule has 0 aliphatic heterocycles. The van der Waals surface area contributed by atoms with Crippen LogP contribution in [0, 0.1) is 0 Å². The molecule has 15 heavy (non-hydrogen) atoms. The SMILES string of the molecule is CCOC(=O)c1[nH]c2sccc2c1C=O. The summed E-state index contributed by atoms with van der Waals surface area (Å²) in [4.78, 5) is 26.1. The lowest BCUT2D eigenvalue weighted by atomic mass is 10.2. The van der Waals surface area contributed by atoms with E-state index >= 15 is 0 Å². The van der Waals surface area contributed by atoms with Crippen LogP contribution in [0.25, 0.3) is 10.2 Å². The number of thiophene rings is 1. The molecule has 0 radical (unpaired) electrons. The fourth-order valence-electron chi connectivity index (χ4n) is 1.42. The average molecular weight is 223 g/mol. The normalized spacial score (nSPS) is 10.5. The molecule has 1 N–H and O–H groups in total. The van der Waals surface area contributed by atoms with Gasteiger partial charge in [-0.25, -0.2) is 4.79 Å². The van der Waals surface area contributed by atoms with E-state index in [0.29, 0.717) is 18.5 Å². The number of rotatable bonds is 3. The molecule has 4 nitrogen and oxygen atoms in total. The molecule has 2 rings (SSSR count). The highest BCUT2D eigenvalue weighted by Crippen LogP contribution is 2.26. The van der Waals surface area contributed by atoms with Crippen LogP contribution in [0.3, 0.4) is 0 Å². The number of aldehydes is 1. The zero-order valence-electron chi connectivity index (χ0n) is 8.07. The molecule has 0 aliphatic carbocycles. The summed E-state index contributed by atoms with van der Waals surface area (Å²) in [6.45, 7) is 2.02. The topological polar surface area (TPSA) is 59.2 Å². The van der Waals surface area contributed by atoms with Crippen molar-refractivity contribution in [2.24, 2.45) is 0 Å². The first-order valence-corrected chi connectivity index (χ1v) is 5.37. The number of carbonyl (C=O) groups is 2. The Morgan fingerprint density at radius 2 is 2.47 bits per heavy atom. The van der Waals surface area contributed by atoms with Crippen molar-refractivity contribution in [1.82, 2.24) is 4.98 Å². The molecule has 0 aromatic carbocycles. The number of aromatic amines is 1. The van der Waals surface area contributed by atoms with Crippen LogP contribution >= 0.6 is 11.3 Å². The summed E-state index contributed by atoms with van der Waals surface area (Å²) in [5.74, 6) is -0.483. The number of H-pyrrole nitrogens is 1. The third-order valence-corrected chi connectivity index (χ3v) is 2.89. The number of nitrogens with one attached hydrogen (secondary N) is 1. The smallest absolute Gasteiger partial charge is 0.355 e. The summed E-state index contributed by atoms with van der Waals surface area (Å²) in [5, 5.41) is 2.64. The van der Waals surface area contributed by atoms with Crippen molar-refractivity contribution in [3.8, 4) is 0 Å². The van der Waals surface area contributed by atoms with Crippen molar-refractivity contribution in [2.45, 2.75) is 6.92 Å². The van der Waals surface area contributed by atoms with Crippen molar-refractivity contribution in [1.29, 1.82) is 0 Å². The van der Waals surface area contributed by atoms with Crippen molar-refractivity contribution in [2.75, 3.05) is 6.61 Å². The molecule has 0 aliphatic rings. The summed E-state index contributed by atoms with van der Waals surface area (Å²) in [6, 6.07) is 1.81. The van der Waals surface area contributed by atoms with Crippen LogP contribution in [0.1, 0.15) is 27.8 Å². The maximum absolute atomic E-state index is 11.5. The Bertz CT molecular complexity index is 512. The predicted molar refractivity (Wildman–Crippen MR) is 57.5 cm³/mol. The Labute approximate surface area is 89.9 Å². The molecule has 0 saturated carbocycles. The van der Waals surface area contributed by atoms with Crippen LogP contribution in [0.2, 0.25) is 0 Å². The van der Waals surface area contributed by atoms with E-state index in [4.69, 9.17) is 4.74 Å². The fraction of sp³-hybridized carbons (Fsp3) is 0.200. The van der Waals surface area contributed by atoms with E-state index in [1.54, 1.807) is 6.92 Å². The molecular weight excluding hydrogens is 214 g/mol. The standard InChI is InChI=1S/C10H9NO3S/c1-2-14-10(13)8-7(5-12)6-3-4-15-9(6)11-8/h3-5,11H,2H2,1H3. The van der Waals surface area contributed by atoms with Crippen LogP contribution in [-0.4, -0.2) is 23.8 Å². The molecule has 0 saturated heterocycles. The number of hydrogen-bond donors (Lipinski definition) is 1. The largest absolute Gasteiger partial charge is 0.461 e. The molecular formula is C10H9NO3S. The minimum atomic E-state index is -0.483. The molecule has 0 fully saturated rings. The Morgan fingerprint density at radius 3 is 3.13 bits per heavy atom. The highest BCUT2D eigenvalue weighted by atomic mass is 32.1. The lowest BCUT2D eigenvalue weighted by Gasteiger charge is -1.99. The van der Waals surface area contributed by atoms with Crippen molar-refractivity contribution < 1.29 is 14.3 Å². The monoisotopic (exact) mass is 223 g/mol. The number of ether oxygens (including phenoxy) is 1. The average Bonchev–Trinajstić information content (AvgIpc) is 2.76. The van der Waals surface area contributed by atoms with E-state index in [-0.39, 0.29) is 5.69 Å². The van der Waals surface area contributed by atoms with Crippen molar-refractivity contribution >= 4 is 33.8 Å². The van der Waals surface area contributed by atoms with Gasteiger partial charge in [-0.15, -0.1) is 11.3 Å². The fourth-order valence-corrected chi connectivity index (χ4v) is 2.23. The number of fused-ring (bicyclic) bond motifs is 1. The van der Waals surface area contributed by atoms with Gasteiger partial charge < -0.3 is 9.72 Å². The van der Waals surface area contributed by atoms with E-state index in [9.17, 15) is 9.59 Å². The summed E-state index contributed by atoms with van der Waals surface area (Å²) in [5.41, 5.74) is 0.624. The second-order valence-electron chi connectivity index (χ2n) is 2.92. The summed E-state index contributed by atoms with van der Waals surface area (Å²) in [6.07, 6.45) is 0.678. The Hall–Kier alpha value is -1.62. The van der Waals surface area contributed by atoms with Gasteiger partial charge in [0.25, 0.3) is 0 Å². The molecule has 0 unspecified atom stereocenters. The van der Waals surface area contributed by atoms with Gasteiger partial charge in [0.05, 0.1) is 12.2 Å². The summed E-state index contributed by atoms with van der Waals surface area (Å²) < 4.78 is 4.84. The second kappa shape index (κ2) is 3.86. The number of esters is 1. The quantitative estimate of drug-likeness (QED) is 0.641. The van der Waals surface area contributed by atoms with E-state index in [2.05, 4.69) is 4.98 Å². The zero-order valence-corrected chi connectivity index (χ0v) is 8.89. The minimum Gasteiger partial charge on any atom is -0.461 e. The molecule has 0 bridgehead atoms. The Kier molecular flexibility index (Phi) is 2.55. The molecule has 2 heterocycles. The van der Waals surface area contributed by atoms with E-state index < -0.39 is 5.97 Å². The van der Waals surface area contributed by atoms with Crippen LogP contribution in [0.4, 0.5) is 0 Å². The highest BCUT2D eigenvalue weighted by molar-refractivity contribution is 7.16. The van der Waals surface area contributed by atoms with Crippen LogP contribution < -0.4 is 0 Å².